The van der Waals surface area contributed by atoms with E-state index < -0.39 is 0 Å². The van der Waals surface area contributed by atoms with Crippen LogP contribution in [0.15, 0.2) is 0 Å². The van der Waals surface area contributed by atoms with Gasteiger partial charge in [0.2, 0.25) is 0 Å². The molecule has 0 bridgehead atoms. The van der Waals surface area contributed by atoms with Gasteiger partial charge in [-0.1, -0.05) is 20.8 Å². The average Bonchev–Trinajstić information content (AvgIpc) is 2.80. The predicted octanol–water partition coefficient (Wildman–Crippen LogP) is 2.16. The second-order valence-corrected chi connectivity index (χ2v) is 6.76. The summed E-state index contributed by atoms with van der Waals surface area (Å²) in [5.74, 6) is 0.396. The van der Waals surface area contributed by atoms with Crippen LogP contribution in [0.1, 0.15) is 41.0 Å². The predicted molar refractivity (Wildman–Crippen MR) is 79.8 cm³/mol. The Morgan fingerprint density at radius 1 is 1.35 bits per heavy atom. The Kier molecular flexibility index (Phi) is 6.76. The number of urea groups is 1. The number of hydrogen-bond acceptors (Lipinski definition) is 3. The van der Waals surface area contributed by atoms with Gasteiger partial charge in [0.15, 0.2) is 0 Å². The van der Waals surface area contributed by atoms with Crippen LogP contribution in [0, 0.1) is 11.3 Å². The number of nitrogens with one attached hydrogen (secondary N) is 2. The van der Waals surface area contributed by atoms with Crippen molar-refractivity contribution >= 4 is 6.03 Å². The molecule has 0 aromatic carbocycles. The number of rotatable bonds is 6. The number of amides is 2. The summed E-state index contributed by atoms with van der Waals surface area (Å²) in [5, 5.41) is 5.73. The molecule has 0 spiro atoms. The minimum atomic E-state index is -0.128. The molecule has 1 saturated heterocycles. The summed E-state index contributed by atoms with van der Waals surface area (Å²) in [4.78, 5) is 11.7. The van der Waals surface area contributed by atoms with Crippen molar-refractivity contribution in [3.8, 4) is 0 Å². The summed E-state index contributed by atoms with van der Waals surface area (Å²) in [6.45, 7) is 13.0. The highest BCUT2D eigenvalue weighted by molar-refractivity contribution is 5.73. The van der Waals surface area contributed by atoms with Crippen molar-refractivity contribution in [2.24, 2.45) is 11.3 Å². The normalized spacial score (nSPS) is 23.1. The number of carbonyl (C=O) groups excluding carboxylic acids is 1. The van der Waals surface area contributed by atoms with Crippen LogP contribution in [0.3, 0.4) is 0 Å². The standard InChI is InChI=1S/C15H30N2O3/c1-11(2)19-9-7-16-14(18)17-10-12-6-8-20-13(12)15(3,4)5/h11-13H,6-10H2,1-5H3,(H2,16,17,18)/t12-,13+/m1/s1. The Hall–Kier alpha value is -0.810. The smallest absolute Gasteiger partial charge is 0.314 e. The van der Waals surface area contributed by atoms with E-state index in [1.165, 1.54) is 0 Å². The van der Waals surface area contributed by atoms with Crippen molar-refractivity contribution in [1.82, 2.24) is 10.6 Å². The molecular formula is C15H30N2O3. The molecule has 5 nitrogen and oxygen atoms in total. The molecule has 0 unspecified atom stereocenters. The Morgan fingerprint density at radius 3 is 2.65 bits per heavy atom. The van der Waals surface area contributed by atoms with Gasteiger partial charge in [-0.25, -0.2) is 4.79 Å². The first-order valence-electron chi connectivity index (χ1n) is 7.55. The fourth-order valence-corrected chi connectivity index (χ4v) is 2.55. The van der Waals surface area contributed by atoms with Gasteiger partial charge in [-0.15, -0.1) is 0 Å². The van der Waals surface area contributed by atoms with Crippen molar-refractivity contribution < 1.29 is 14.3 Å². The van der Waals surface area contributed by atoms with Gasteiger partial charge in [0, 0.05) is 25.6 Å². The highest BCUT2D eigenvalue weighted by Crippen LogP contribution is 2.34. The van der Waals surface area contributed by atoms with Gasteiger partial charge in [0.25, 0.3) is 0 Å². The van der Waals surface area contributed by atoms with Crippen molar-refractivity contribution in [3.05, 3.63) is 0 Å². The average molecular weight is 286 g/mol. The van der Waals surface area contributed by atoms with Crippen LogP contribution < -0.4 is 10.6 Å². The van der Waals surface area contributed by atoms with Crippen molar-refractivity contribution in [2.75, 3.05) is 26.3 Å². The fourth-order valence-electron chi connectivity index (χ4n) is 2.55. The topological polar surface area (TPSA) is 59.6 Å². The number of carbonyl (C=O) groups is 1. The lowest BCUT2D eigenvalue weighted by atomic mass is 9.81. The molecule has 0 radical (unpaired) electrons. The van der Waals surface area contributed by atoms with Crippen molar-refractivity contribution in [3.63, 3.8) is 0 Å². The van der Waals surface area contributed by atoms with Crippen LogP contribution >= 0.6 is 0 Å². The maximum absolute atomic E-state index is 11.7. The van der Waals surface area contributed by atoms with E-state index in [0.29, 0.717) is 25.6 Å². The fraction of sp³-hybridized carbons (Fsp3) is 0.933. The van der Waals surface area contributed by atoms with Crippen LogP contribution in [-0.2, 0) is 9.47 Å². The molecular weight excluding hydrogens is 256 g/mol. The van der Waals surface area contributed by atoms with E-state index in [0.717, 1.165) is 13.0 Å². The zero-order valence-corrected chi connectivity index (χ0v) is 13.5. The highest BCUT2D eigenvalue weighted by atomic mass is 16.5. The van der Waals surface area contributed by atoms with E-state index in [2.05, 4.69) is 31.4 Å². The molecule has 0 aromatic heterocycles. The number of hydrogen-bond donors (Lipinski definition) is 2. The monoisotopic (exact) mass is 286 g/mol. The van der Waals surface area contributed by atoms with E-state index >= 15 is 0 Å². The molecule has 2 amide bonds. The van der Waals surface area contributed by atoms with Crippen LogP contribution in [0.4, 0.5) is 4.79 Å². The van der Waals surface area contributed by atoms with Crippen LogP contribution in [0.25, 0.3) is 0 Å². The van der Waals surface area contributed by atoms with E-state index in [4.69, 9.17) is 9.47 Å². The lowest BCUT2D eigenvalue weighted by Crippen LogP contribution is -2.43. The summed E-state index contributed by atoms with van der Waals surface area (Å²) >= 11 is 0. The molecule has 1 fully saturated rings. The summed E-state index contributed by atoms with van der Waals surface area (Å²) in [6, 6.07) is -0.128. The van der Waals surface area contributed by atoms with Crippen molar-refractivity contribution in [1.29, 1.82) is 0 Å². The second-order valence-electron chi connectivity index (χ2n) is 6.76. The zero-order valence-electron chi connectivity index (χ0n) is 13.5. The Balaban J connectivity index is 2.20. The molecule has 0 aliphatic carbocycles. The zero-order chi connectivity index (χ0) is 15.2. The van der Waals surface area contributed by atoms with Crippen molar-refractivity contribution in [2.45, 2.75) is 53.2 Å². The molecule has 0 aromatic rings. The minimum absolute atomic E-state index is 0.116. The Bertz CT molecular complexity index is 300. The minimum Gasteiger partial charge on any atom is -0.377 e. The SMILES string of the molecule is CC(C)OCCNC(=O)NC[C@H]1CCO[C@@H]1C(C)(C)C. The summed E-state index contributed by atoms with van der Waals surface area (Å²) in [6.07, 6.45) is 1.42. The lowest BCUT2D eigenvalue weighted by Gasteiger charge is -2.31. The first kappa shape index (κ1) is 17.2. The number of ether oxygens (including phenoxy) is 2. The van der Waals surface area contributed by atoms with Gasteiger partial charge in [-0.05, 0) is 25.7 Å². The van der Waals surface area contributed by atoms with Gasteiger partial charge in [-0.3, -0.25) is 0 Å². The van der Waals surface area contributed by atoms with Crippen LogP contribution in [0.2, 0.25) is 0 Å². The van der Waals surface area contributed by atoms with Gasteiger partial charge in [0.05, 0.1) is 18.8 Å². The molecule has 5 heteroatoms. The van der Waals surface area contributed by atoms with Gasteiger partial charge in [-0.2, -0.15) is 0 Å². The van der Waals surface area contributed by atoms with E-state index in [1.807, 2.05) is 13.8 Å². The molecule has 0 saturated carbocycles. The third-order valence-corrected chi connectivity index (χ3v) is 3.43. The summed E-state index contributed by atoms with van der Waals surface area (Å²) < 4.78 is 11.2. The molecule has 1 aliphatic heterocycles. The molecule has 2 N–H and O–H groups in total. The van der Waals surface area contributed by atoms with Crippen LogP contribution in [-0.4, -0.2) is 44.5 Å². The van der Waals surface area contributed by atoms with Crippen LogP contribution in [0.5, 0.6) is 0 Å². The summed E-state index contributed by atoms with van der Waals surface area (Å²) in [7, 11) is 0. The quantitative estimate of drug-likeness (QED) is 0.736. The first-order valence-corrected chi connectivity index (χ1v) is 7.55. The summed E-state index contributed by atoms with van der Waals surface area (Å²) in [5.41, 5.74) is 0.116. The highest BCUT2D eigenvalue weighted by Gasteiger charge is 2.37. The van der Waals surface area contributed by atoms with E-state index in [-0.39, 0.29) is 23.7 Å². The molecule has 2 atom stereocenters. The first-order chi connectivity index (χ1) is 9.30. The maximum atomic E-state index is 11.7. The third kappa shape index (κ3) is 6.09. The van der Waals surface area contributed by atoms with Gasteiger partial charge in [0.1, 0.15) is 0 Å². The molecule has 1 rings (SSSR count). The molecule has 1 aliphatic rings. The third-order valence-electron chi connectivity index (χ3n) is 3.43. The largest absolute Gasteiger partial charge is 0.377 e. The molecule has 118 valence electrons. The molecule has 20 heavy (non-hydrogen) atoms. The second kappa shape index (κ2) is 7.84. The molecule has 1 heterocycles. The van der Waals surface area contributed by atoms with E-state index in [9.17, 15) is 4.79 Å². The Labute approximate surface area is 122 Å². The maximum Gasteiger partial charge on any atom is 0.314 e. The lowest BCUT2D eigenvalue weighted by molar-refractivity contribution is 0.00773. The van der Waals surface area contributed by atoms with Gasteiger partial charge < -0.3 is 20.1 Å². The van der Waals surface area contributed by atoms with E-state index in [1.54, 1.807) is 0 Å². The Morgan fingerprint density at radius 2 is 2.05 bits per heavy atom. The van der Waals surface area contributed by atoms with Gasteiger partial charge >= 0.3 is 6.03 Å².